The summed E-state index contributed by atoms with van der Waals surface area (Å²) in [5.41, 5.74) is 6.26. The lowest BCUT2D eigenvalue weighted by atomic mass is 9.92. The zero-order chi connectivity index (χ0) is 14.0. The minimum absolute atomic E-state index is 0.198. The van der Waals surface area contributed by atoms with Crippen LogP contribution in [0.5, 0.6) is 0 Å². The van der Waals surface area contributed by atoms with Crippen molar-refractivity contribution in [2.24, 2.45) is 11.7 Å². The number of nitrogens with two attached hydrogens (primary N) is 1. The van der Waals surface area contributed by atoms with Crippen molar-refractivity contribution in [3.05, 3.63) is 29.6 Å². The lowest BCUT2D eigenvalue weighted by molar-refractivity contribution is -0.122. The molecule has 2 unspecified atom stereocenters. The summed E-state index contributed by atoms with van der Waals surface area (Å²) in [6, 6.07) is 6.37. The summed E-state index contributed by atoms with van der Waals surface area (Å²) in [6.45, 7) is 2.50. The van der Waals surface area contributed by atoms with Crippen LogP contribution in [0.15, 0.2) is 18.2 Å². The number of halogens is 1. The number of piperidine rings is 1. The van der Waals surface area contributed by atoms with E-state index in [9.17, 15) is 9.18 Å². The number of hydrogen-bond acceptors (Lipinski definition) is 3. The van der Waals surface area contributed by atoms with Crippen LogP contribution in [0.3, 0.4) is 0 Å². The molecule has 0 radical (unpaired) electrons. The molecule has 2 atom stereocenters. The van der Waals surface area contributed by atoms with Gasteiger partial charge in [0.05, 0.1) is 17.6 Å². The van der Waals surface area contributed by atoms with Gasteiger partial charge in [-0.05, 0) is 38.0 Å². The third kappa shape index (κ3) is 2.84. The molecule has 1 fully saturated rings. The number of hydrogen-bond donors (Lipinski definition) is 1. The van der Waals surface area contributed by atoms with Gasteiger partial charge in [-0.1, -0.05) is 0 Å². The van der Waals surface area contributed by atoms with E-state index in [1.807, 2.05) is 17.9 Å². The first-order valence-electron chi connectivity index (χ1n) is 6.28. The number of primary amides is 1. The van der Waals surface area contributed by atoms with Gasteiger partial charge in [-0.3, -0.25) is 4.79 Å². The first-order chi connectivity index (χ1) is 9.01. The number of anilines is 1. The summed E-state index contributed by atoms with van der Waals surface area (Å²) in [5.74, 6) is -0.985. The Morgan fingerprint density at radius 1 is 1.47 bits per heavy atom. The average Bonchev–Trinajstić information content (AvgIpc) is 2.38. The standard InChI is InChI=1S/C14H16FN3O/c1-9-2-3-11(14(17)19)8-18(9)13-5-10(7-16)4-12(15)6-13/h4-6,9,11H,2-3,8H2,1H3,(H2,17,19). The molecule has 1 aliphatic heterocycles. The Hall–Kier alpha value is -2.09. The van der Waals surface area contributed by atoms with Crippen LogP contribution >= 0.6 is 0 Å². The summed E-state index contributed by atoms with van der Waals surface area (Å²) in [6.07, 6.45) is 1.58. The van der Waals surface area contributed by atoms with E-state index >= 15 is 0 Å². The smallest absolute Gasteiger partial charge is 0.222 e. The van der Waals surface area contributed by atoms with Crippen molar-refractivity contribution in [1.82, 2.24) is 0 Å². The second kappa shape index (κ2) is 5.27. The van der Waals surface area contributed by atoms with E-state index in [-0.39, 0.29) is 23.4 Å². The molecule has 1 saturated heterocycles. The van der Waals surface area contributed by atoms with Crippen LogP contribution in [-0.4, -0.2) is 18.5 Å². The van der Waals surface area contributed by atoms with E-state index in [4.69, 9.17) is 11.0 Å². The molecule has 1 heterocycles. The molecule has 0 bridgehead atoms. The van der Waals surface area contributed by atoms with E-state index in [0.717, 1.165) is 12.8 Å². The highest BCUT2D eigenvalue weighted by atomic mass is 19.1. The molecule has 1 aromatic rings. The fourth-order valence-corrected chi connectivity index (χ4v) is 2.50. The van der Waals surface area contributed by atoms with Crippen molar-refractivity contribution >= 4 is 11.6 Å². The molecule has 19 heavy (non-hydrogen) atoms. The van der Waals surface area contributed by atoms with Gasteiger partial charge in [0.25, 0.3) is 0 Å². The molecule has 2 N–H and O–H groups in total. The molecule has 100 valence electrons. The molecule has 5 heteroatoms. The van der Waals surface area contributed by atoms with Crippen molar-refractivity contribution in [2.45, 2.75) is 25.8 Å². The second-order valence-corrected chi connectivity index (χ2v) is 4.99. The number of carbonyl (C=O) groups is 1. The van der Waals surface area contributed by atoms with Gasteiger partial charge in [0, 0.05) is 18.3 Å². The number of nitriles is 1. The van der Waals surface area contributed by atoms with Crippen LogP contribution < -0.4 is 10.6 Å². The van der Waals surface area contributed by atoms with E-state index in [1.165, 1.54) is 12.1 Å². The van der Waals surface area contributed by atoms with E-state index in [2.05, 4.69) is 0 Å². The lowest BCUT2D eigenvalue weighted by Crippen LogP contribution is -2.46. The Kier molecular flexibility index (Phi) is 3.70. The maximum Gasteiger partial charge on any atom is 0.222 e. The summed E-state index contributed by atoms with van der Waals surface area (Å²) in [5, 5.41) is 8.88. The number of nitrogens with zero attached hydrogens (tertiary/aromatic N) is 2. The highest BCUT2D eigenvalue weighted by Gasteiger charge is 2.29. The van der Waals surface area contributed by atoms with Crippen molar-refractivity contribution < 1.29 is 9.18 Å². The van der Waals surface area contributed by atoms with Crippen LogP contribution in [-0.2, 0) is 4.79 Å². The maximum atomic E-state index is 13.5. The van der Waals surface area contributed by atoms with Gasteiger partial charge < -0.3 is 10.6 Å². The molecule has 1 aromatic carbocycles. The van der Waals surface area contributed by atoms with Crippen LogP contribution in [0, 0.1) is 23.1 Å². The van der Waals surface area contributed by atoms with Crippen LogP contribution in [0.2, 0.25) is 0 Å². The van der Waals surface area contributed by atoms with Gasteiger partial charge in [0.1, 0.15) is 5.82 Å². The Labute approximate surface area is 111 Å². The highest BCUT2D eigenvalue weighted by Crippen LogP contribution is 2.28. The SMILES string of the molecule is CC1CCC(C(N)=O)CN1c1cc(F)cc(C#N)c1. The van der Waals surface area contributed by atoms with Gasteiger partial charge >= 0.3 is 0 Å². The van der Waals surface area contributed by atoms with Crippen molar-refractivity contribution in [2.75, 3.05) is 11.4 Å². The Morgan fingerprint density at radius 3 is 2.84 bits per heavy atom. The normalized spacial score (nSPS) is 22.9. The molecular weight excluding hydrogens is 245 g/mol. The van der Waals surface area contributed by atoms with Crippen LogP contribution in [0.25, 0.3) is 0 Å². The molecule has 1 amide bonds. The average molecular weight is 261 g/mol. The summed E-state index contributed by atoms with van der Waals surface area (Å²) < 4.78 is 13.5. The minimum Gasteiger partial charge on any atom is -0.369 e. The molecule has 0 saturated carbocycles. The summed E-state index contributed by atoms with van der Waals surface area (Å²) in [7, 11) is 0. The van der Waals surface area contributed by atoms with E-state index in [0.29, 0.717) is 12.2 Å². The van der Waals surface area contributed by atoms with Crippen molar-refractivity contribution in [3.8, 4) is 6.07 Å². The molecular formula is C14H16FN3O. The maximum absolute atomic E-state index is 13.5. The van der Waals surface area contributed by atoms with Gasteiger partial charge in [-0.25, -0.2) is 4.39 Å². The largest absolute Gasteiger partial charge is 0.369 e. The Morgan fingerprint density at radius 2 is 2.21 bits per heavy atom. The van der Waals surface area contributed by atoms with Gasteiger partial charge in [-0.2, -0.15) is 5.26 Å². The van der Waals surface area contributed by atoms with Gasteiger partial charge in [0.15, 0.2) is 0 Å². The summed E-state index contributed by atoms with van der Waals surface area (Å²) >= 11 is 0. The second-order valence-electron chi connectivity index (χ2n) is 4.99. The Balaban J connectivity index is 2.31. The highest BCUT2D eigenvalue weighted by molar-refractivity contribution is 5.77. The van der Waals surface area contributed by atoms with Crippen LogP contribution in [0.1, 0.15) is 25.3 Å². The predicted molar refractivity (Wildman–Crippen MR) is 69.8 cm³/mol. The third-order valence-electron chi connectivity index (χ3n) is 3.63. The van der Waals surface area contributed by atoms with Crippen LogP contribution in [0.4, 0.5) is 10.1 Å². The quantitative estimate of drug-likeness (QED) is 0.882. The predicted octanol–water partition coefficient (Wildman–Crippen LogP) is 1.79. The lowest BCUT2D eigenvalue weighted by Gasteiger charge is -2.38. The zero-order valence-electron chi connectivity index (χ0n) is 10.8. The molecule has 2 rings (SSSR count). The fourth-order valence-electron chi connectivity index (χ4n) is 2.50. The van der Waals surface area contributed by atoms with E-state index in [1.54, 1.807) is 6.07 Å². The fraction of sp³-hybridized carbons (Fsp3) is 0.429. The minimum atomic E-state index is -0.442. The van der Waals surface area contributed by atoms with Crippen molar-refractivity contribution in [3.63, 3.8) is 0 Å². The first-order valence-corrected chi connectivity index (χ1v) is 6.28. The number of amides is 1. The van der Waals surface area contributed by atoms with Gasteiger partial charge in [-0.15, -0.1) is 0 Å². The molecule has 0 spiro atoms. The molecule has 1 aliphatic rings. The topological polar surface area (TPSA) is 70.1 Å². The Bertz CT molecular complexity index is 538. The summed E-state index contributed by atoms with van der Waals surface area (Å²) in [4.78, 5) is 13.2. The third-order valence-corrected chi connectivity index (χ3v) is 3.63. The molecule has 0 aliphatic carbocycles. The number of benzene rings is 1. The monoisotopic (exact) mass is 261 g/mol. The molecule has 0 aromatic heterocycles. The van der Waals surface area contributed by atoms with Gasteiger partial charge in [0.2, 0.25) is 5.91 Å². The first kappa shape index (κ1) is 13.3. The number of rotatable bonds is 2. The van der Waals surface area contributed by atoms with E-state index < -0.39 is 5.82 Å². The zero-order valence-corrected chi connectivity index (χ0v) is 10.8. The molecule has 4 nitrogen and oxygen atoms in total. The number of carbonyl (C=O) groups excluding carboxylic acids is 1. The van der Waals surface area contributed by atoms with Crippen molar-refractivity contribution in [1.29, 1.82) is 5.26 Å².